The van der Waals surface area contributed by atoms with Crippen LogP contribution in [0.2, 0.25) is 0 Å². The van der Waals surface area contributed by atoms with Crippen molar-refractivity contribution in [1.82, 2.24) is 25.0 Å². The second kappa shape index (κ2) is 9.45. The van der Waals surface area contributed by atoms with E-state index in [1.807, 2.05) is 0 Å². The van der Waals surface area contributed by atoms with Crippen LogP contribution in [-0.2, 0) is 27.8 Å². The molecule has 0 bridgehead atoms. The average molecular weight is 502 g/mol. The van der Waals surface area contributed by atoms with Crippen molar-refractivity contribution in [3.05, 3.63) is 29.4 Å². The molecule has 0 aliphatic heterocycles. The molecule has 0 aliphatic carbocycles. The maximum absolute atomic E-state index is 12.6. The Bertz CT molecular complexity index is 1140. The summed E-state index contributed by atoms with van der Waals surface area (Å²) in [6, 6.07) is 0. The fraction of sp³-hybridized carbons (Fsp3) is 0.467. The predicted octanol–water partition coefficient (Wildman–Crippen LogP) is 3.22. The summed E-state index contributed by atoms with van der Waals surface area (Å²) in [6.45, 7) is 0.281. The average Bonchev–Trinajstić information content (AvgIpc) is 3.45. The normalized spacial score (nSPS) is 12.6. The Morgan fingerprint density at radius 3 is 2.66 bits per heavy atom. The summed E-state index contributed by atoms with van der Waals surface area (Å²) < 4.78 is 97.3. The van der Waals surface area contributed by atoms with Gasteiger partial charge < -0.3 is 4.42 Å². The van der Waals surface area contributed by atoms with Crippen LogP contribution in [0.1, 0.15) is 24.1 Å². The minimum Gasteiger partial charge on any atom is -0.413 e. The monoisotopic (exact) mass is 502 g/mol. The van der Waals surface area contributed by atoms with Gasteiger partial charge in [-0.3, -0.25) is 13.7 Å². The molecule has 10 nitrogen and oxygen atoms in total. The van der Waals surface area contributed by atoms with Crippen LogP contribution < -0.4 is 4.31 Å². The van der Waals surface area contributed by atoms with E-state index in [1.165, 1.54) is 25.5 Å². The third kappa shape index (κ3) is 5.98. The molecule has 0 unspecified atom stereocenters. The number of sulfonamides is 1. The first-order chi connectivity index (χ1) is 15.0. The van der Waals surface area contributed by atoms with Gasteiger partial charge in [0.1, 0.15) is 0 Å². The lowest BCUT2D eigenvalue weighted by Gasteiger charge is -2.21. The predicted molar refractivity (Wildman–Crippen MR) is 100 cm³/mol. The Morgan fingerprint density at radius 2 is 2.03 bits per heavy atom. The van der Waals surface area contributed by atoms with Crippen LogP contribution in [0.3, 0.4) is 0 Å². The van der Waals surface area contributed by atoms with Crippen molar-refractivity contribution in [3.8, 4) is 10.9 Å². The zero-order valence-electron chi connectivity index (χ0n) is 16.2. The van der Waals surface area contributed by atoms with E-state index in [1.54, 1.807) is 0 Å². The first kappa shape index (κ1) is 24.0. The van der Waals surface area contributed by atoms with Gasteiger partial charge >= 0.3 is 12.8 Å². The number of nitrogens with zero attached hydrogens (tertiary/aromatic N) is 6. The maximum atomic E-state index is 12.6. The number of aromatic nitrogens is 5. The van der Waals surface area contributed by atoms with E-state index in [-0.39, 0.29) is 35.4 Å². The maximum Gasteiger partial charge on any atom is 0.522 e. The van der Waals surface area contributed by atoms with E-state index < -0.39 is 35.3 Å². The first-order valence-electron chi connectivity index (χ1n) is 8.78. The van der Waals surface area contributed by atoms with Gasteiger partial charge in [0.05, 0.1) is 37.3 Å². The van der Waals surface area contributed by atoms with Crippen molar-refractivity contribution in [1.29, 1.82) is 0 Å². The number of hydrogen-bond acceptors (Lipinski definition) is 9. The summed E-state index contributed by atoms with van der Waals surface area (Å²) in [6.07, 6.45) is -3.95. The summed E-state index contributed by atoms with van der Waals surface area (Å²) in [4.78, 5) is 4.41. The van der Waals surface area contributed by atoms with Crippen LogP contribution in [0.15, 0.2) is 23.0 Å². The second-order valence-corrected chi connectivity index (χ2v) is 9.34. The molecule has 0 saturated carbocycles. The molecule has 176 valence electrons. The van der Waals surface area contributed by atoms with E-state index in [9.17, 15) is 30.4 Å². The van der Waals surface area contributed by atoms with Gasteiger partial charge in [-0.05, 0) is 6.92 Å². The molecule has 0 spiro atoms. The van der Waals surface area contributed by atoms with Crippen molar-refractivity contribution in [2.75, 3.05) is 16.7 Å². The molecule has 3 aromatic rings. The molecule has 3 heterocycles. The highest BCUT2D eigenvalue weighted by atomic mass is 32.2. The van der Waals surface area contributed by atoms with Crippen molar-refractivity contribution < 1.29 is 39.5 Å². The highest BCUT2D eigenvalue weighted by Gasteiger charge is 2.29. The van der Waals surface area contributed by atoms with Crippen molar-refractivity contribution >= 4 is 27.0 Å². The van der Waals surface area contributed by atoms with Crippen molar-refractivity contribution in [2.45, 2.75) is 32.8 Å². The molecule has 0 atom stereocenters. The molecule has 0 fully saturated rings. The van der Waals surface area contributed by atoms with Crippen molar-refractivity contribution in [3.63, 3.8) is 0 Å². The number of ether oxygens (including phenoxy) is 1. The molecule has 0 aliphatic rings. The molecule has 0 N–H and O–H groups in total. The first-order valence-corrected chi connectivity index (χ1v) is 11.2. The fourth-order valence-electron chi connectivity index (χ4n) is 2.39. The molecule has 3 aromatic heterocycles. The molecular formula is C15H15F5N6O4S2. The van der Waals surface area contributed by atoms with Crippen LogP contribution in [-0.4, -0.2) is 52.1 Å². The number of anilines is 1. The molecule has 3 rings (SSSR count). The molecule has 17 heteroatoms. The molecule has 0 radical (unpaired) electrons. The van der Waals surface area contributed by atoms with E-state index in [0.717, 1.165) is 20.3 Å². The SMILES string of the molecule is CCS(=O)(=O)N(Cc1cnc(-c2nnc(C(F)F)o2)s1)c1cnn(CCOC(F)(F)F)c1. The van der Waals surface area contributed by atoms with Gasteiger partial charge in [-0.25, -0.2) is 13.4 Å². The van der Waals surface area contributed by atoms with Gasteiger partial charge in [0.15, 0.2) is 5.01 Å². The Hall–Kier alpha value is -2.66. The zero-order chi connectivity index (χ0) is 23.5. The quantitative estimate of drug-likeness (QED) is 0.388. The van der Waals surface area contributed by atoms with Crippen LogP contribution in [0.5, 0.6) is 0 Å². The number of rotatable bonds is 10. The van der Waals surface area contributed by atoms with Crippen LogP contribution in [0.25, 0.3) is 10.9 Å². The van der Waals surface area contributed by atoms with Gasteiger partial charge in [-0.2, -0.15) is 13.9 Å². The minimum absolute atomic E-state index is 0.117. The molecular weight excluding hydrogens is 487 g/mol. The Labute approximate surface area is 181 Å². The van der Waals surface area contributed by atoms with Crippen LogP contribution >= 0.6 is 11.3 Å². The van der Waals surface area contributed by atoms with Gasteiger partial charge in [0, 0.05) is 17.3 Å². The summed E-state index contributed by atoms with van der Waals surface area (Å²) in [5, 5.41) is 10.7. The summed E-state index contributed by atoms with van der Waals surface area (Å²) in [5.41, 5.74) is 0.117. The number of thiazole rings is 1. The number of hydrogen-bond donors (Lipinski definition) is 0. The lowest BCUT2D eigenvalue weighted by molar-refractivity contribution is -0.325. The second-order valence-electron chi connectivity index (χ2n) is 6.04. The number of alkyl halides is 5. The smallest absolute Gasteiger partial charge is 0.413 e. The molecule has 0 saturated heterocycles. The largest absolute Gasteiger partial charge is 0.522 e. The van der Waals surface area contributed by atoms with Crippen LogP contribution in [0, 0.1) is 0 Å². The van der Waals surface area contributed by atoms with Gasteiger partial charge in [-0.1, -0.05) is 0 Å². The van der Waals surface area contributed by atoms with E-state index in [0.29, 0.717) is 4.88 Å². The minimum atomic E-state index is -4.79. The lowest BCUT2D eigenvalue weighted by atomic mass is 10.5. The number of halogens is 5. The van der Waals surface area contributed by atoms with Crippen molar-refractivity contribution in [2.24, 2.45) is 0 Å². The van der Waals surface area contributed by atoms with Gasteiger partial charge in [0.2, 0.25) is 10.0 Å². The van der Waals surface area contributed by atoms with E-state index in [4.69, 9.17) is 4.42 Å². The van der Waals surface area contributed by atoms with Crippen LogP contribution in [0.4, 0.5) is 27.6 Å². The van der Waals surface area contributed by atoms with Gasteiger partial charge in [-0.15, -0.1) is 34.7 Å². The highest BCUT2D eigenvalue weighted by Crippen LogP contribution is 2.29. The highest BCUT2D eigenvalue weighted by molar-refractivity contribution is 7.92. The Morgan fingerprint density at radius 1 is 1.28 bits per heavy atom. The lowest BCUT2D eigenvalue weighted by Crippen LogP contribution is -2.31. The summed E-state index contributed by atoms with van der Waals surface area (Å²) >= 11 is 0.953. The topological polar surface area (TPSA) is 116 Å². The van der Waals surface area contributed by atoms with Gasteiger partial charge in [0.25, 0.3) is 11.8 Å². The third-order valence-corrected chi connectivity index (χ3v) is 6.57. The standard InChI is InChI=1S/C15H15F5N6O4S2/c1-2-32(27,28)26(9-5-22-25(7-9)3-4-29-15(18,19)20)8-10-6-21-14(31-10)13-24-23-12(30-13)11(16)17/h5-7,11H,2-4,8H2,1H3. The molecule has 0 aromatic carbocycles. The van der Waals surface area contributed by atoms with E-state index in [2.05, 4.69) is 25.0 Å². The third-order valence-electron chi connectivity index (χ3n) is 3.86. The van der Waals surface area contributed by atoms with E-state index >= 15 is 0 Å². The zero-order valence-corrected chi connectivity index (χ0v) is 17.8. The Kier molecular flexibility index (Phi) is 7.09. The Balaban J connectivity index is 1.77. The molecule has 32 heavy (non-hydrogen) atoms. The summed E-state index contributed by atoms with van der Waals surface area (Å²) in [5.74, 6) is -1.37. The summed E-state index contributed by atoms with van der Waals surface area (Å²) in [7, 11) is -3.81. The fourth-order valence-corrected chi connectivity index (χ4v) is 4.36. The molecule has 0 amide bonds.